The van der Waals surface area contributed by atoms with Crippen molar-refractivity contribution < 1.29 is 9.90 Å². The van der Waals surface area contributed by atoms with Crippen LogP contribution in [0.5, 0.6) is 0 Å². The Labute approximate surface area is 122 Å². The van der Waals surface area contributed by atoms with E-state index in [0.717, 1.165) is 29.2 Å². The van der Waals surface area contributed by atoms with Crippen LogP contribution in [0.4, 0.5) is 0 Å². The molecule has 0 atom stereocenters. The van der Waals surface area contributed by atoms with E-state index in [1.807, 2.05) is 16.9 Å². The minimum Gasteiger partial charge on any atom is -0.481 e. The van der Waals surface area contributed by atoms with E-state index in [0.29, 0.717) is 5.02 Å². The normalized spacial score (nSPS) is 14.4. The van der Waals surface area contributed by atoms with Gasteiger partial charge in [-0.15, -0.1) is 0 Å². The number of benzene rings is 1. The van der Waals surface area contributed by atoms with E-state index < -0.39 is 5.97 Å². The Morgan fingerprint density at radius 3 is 2.95 bits per heavy atom. The molecule has 3 rings (SSSR count). The number of rotatable bonds is 5. The van der Waals surface area contributed by atoms with E-state index >= 15 is 0 Å². The molecule has 1 aliphatic rings. The van der Waals surface area contributed by atoms with Crippen LogP contribution in [0.3, 0.4) is 0 Å². The van der Waals surface area contributed by atoms with Crippen molar-refractivity contribution in [2.45, 2.75) is 25.8 Å². The first-order valence-corrected chi connectivity index (χ1v) is 7.02. The Morgan fingerprint density at radius 1 is 1.45 bits per heavy atom. The van der Waals surface area contributed by atoms with Crippen molar-refractivity contribution in [3.63, 3.8) is 0 Å². The zero-order valence-corrected chi connectivity index (χ0v) is 11.7. The first-order chi connectivity index (χ1) is 9.61. The Morgan fingerprint density at radius 2 is 2.25 bits per heavy atom. The zero-order valence-electron chi connectivity index (χ0n) is 10.9. The Balaban J connectivity index is 1.87. The number of carbonyl (C=O) groups is 1. The monoisotopic (exact) mass is 290 g/mol. The standard InChI is InChI=1S/C15H15ClN2O2/c16-14-4-3-11(6-15(19)20)5-13(14)12-7-17-18(9-12)8-10-1-2-10/h3-5,7,9-10H,1-2,6,8H2,(H,19,20). The molecule has 1 aromatic heterocycles. The average Bonchev–Trinajstić information content (AvgIpc) is 3.08. The Bertz CT molecular complexity index is 647. The second-order valence-corrected chi connectivity index (χ2v) is 5.69. The molecule has 20 heavy (non-hydrogen) atoms. The van der Waals surface area contributed by atoms with Crippen LogP contribution in [0.25, 0.3) is 11.1 Å². The molecule has 4 nitrogen and oxygen atoms in total. The highest BCUT2D eigenvalue weighted by Gasteiger charge is 2.22. The smallest absolute Gasteiger partial charge is 0.307 e. The van der Waals surface area contributed by atoms with Crippen molar-refractivity contribution in [1.82, 2.24) is 9.78 Å². The highest BCUT2D eigenvalue weighted by atomic mass is 35.5. The summed E-state index contributed by atoms with van der Waals surface area (Å²) in [6.07, 6.45) is 6.33. The van der Waals surface area contributed by atoms with Gasteiger partial charge in [0, 0.05) is 28.9 Å². The maximum absolute atomic E-state index is 10.8. The molecule has 1 fully saturated rings. The fourth-order valence-electron chi connectivity index (χ4n) is 2.25. The maximum Gasteiger partial charge on any atom is 0.307 e. The fraction of sp³-hybridized carbons (Fsp3) is 0.333. The third kappa shape index (κ3) is 3.02. The third-order valence-corrected chi connectivity index (χ3v) is 3.80. The predicted molar refractivity (Wildman–Crippen MR) is 76.7 cm³/mol. The van der Waals surface area contributed by atoms with Gasteiger partial charge in [0.15, 0.2) is 0 Å². The van der Waals surface area contributed by atoms with Crippen molar-refractivity contribution in [3.05, 3.63) is 41.2 Å². The molecule has 1 aliphatic carbocycles. The van der Waals surface area contributed by atoms with Gasteiger partial charge < -0.3 is 5.11 Å². The number of aliphatic carboxylic acids is 1. The summed E-state index contributed by atoms with van der Waals surface area (Å²) in [4.78, 5) is 10.8. The summed E-state index contributed by atoms with van der Waals surface area (Å²) in [6.45, 7) is 0.951. The zero-order chi connectivity index (χ0) is 14.1. The number of carboxylic acids is 1. The van der Waals surface area contributed by atoms with Gasteiger partial charge in [-0.3, -0.25) is 9.48 Å². The molecule has 5 heteroatoms. The first kappa shape index (κ1) is 13.2. The summed E-state index contributed by atoms with van der Waals surface area (Å²) in [5.41, 5.74) is 2.52. The van der Waals surface area contributed by atoms with Crippen LogP contribution in [0, 0.1) is 5.92 Å². The molecule has 2 aromatic rings. The lowest BCUT2D eigenvalue weighted by Gasteiger charge is -2.04. The van der Waals surface area contributed by atoms with Crippen LogP contribution in [0.2, 0.25) is 5.02 Å². The Kier molecular flexibility index (Phi) is 3.49. The molecular weight excluding hydrogens is 276 g/mol. The molecule has 1 heterocycles. The van der Waals surface area contributed by atoms with Crippen LogP contribution in [-0.4, -0.2) is 20.9 Å². The van der Waals surface area contributed by atoms with E-state index in [1.54, 1.807) is 18.3 Å². The van der Waals surface area contributed by atoms with Gasteiger partial charge in [-0.05, 0) is 36.5 Å². The summed E-state index contributed by atoms with van der Waals surface area (Å²) < 4.78 is 1.94. The van der Waals surface area contributed by atoms with Gasteiger partial charge in [0.25, 0.3) is 0 Å². The van der Waals surface area contributed by atoms with E-state index in [-0.39, 0.29) is 6.42 Å². The van der Waals surface area contributed by atoms with Crippen molar-refractivity contribution in [3.8, 4) is 11.1 Å². The summed E-state index contributed by atoms with van der Waals surface area (Å²) in [6, 6.07) is 5.32. The number of carboxylic acid groups (broad SMARTS) is 1. The van der Waals surface area contributed by atoms with E-state index in [1.165, 1.54) is 12.8 Å². The van der Waals surface area contributed by atoms with E-state index in [4.69, 9.17) is 16.7 Å². The molecule has 0 radical (unpaired) electrons. The van der Waals surface area contributed by atoms with Gasteiger partial charge in [-0.2, -0.15) is 5.10 Å². The van der Waals surface area contributed by atoms with E-state index in [2.05, 4.69) is 5.10 Å². The van der Waals surface area contributed by atoms with E-state index in [9.17, 15) is 4.79 Å². The SMILES string of the molecule is O=C(O)Cc1ccc(Cl)c(-c2cnn(CC3CC3)c2)c1. The second-order valence-electron chi connectivity index (χ2n) is 5.28. The molecule has 1 N–H and O–H groups in total. The first-order valence-electron chi connectivity index (χ1n) is 6.65. The Hall–Kier alpha value is -1.81. The lowest BCUT2D eigenvalue weighted by molar-refractivity contribution is -0.136. The topological polar surface area (TPSA) is 55.1 Å². The molecule has 104 valence electrons. The number of aromatic nitrogens is 2. The summed E-state index contributed by atoms with van der Waals surface area (Å²) in [5, 5.41) is 13.8. The van der Waals surface area contributed by atoms with Crippen molar-refractivity contribution in [2.75, 3.05) is 0 Å². The van der Waals surface area contributed by atoms with Gasteiger partial charge in [0.1, 0.15) is 0 Å². The van der Waals surface area contributed by atoms with Crippen LogP contribution in [-0.2, 0) is 17.8 Å². The molecule has 1 saturated carbocycles. The molecule has 0 unspecified atom stereocenters. The number of halogens is 1. The number of hydrogen-bond donors (Lipinski definition) is 1. The second kappa shape index (κ2) is 5.29. The molecule has 0 bridgehead atoms. The third-order valence-electron chi connectivity index (χ3n) is 3.47. The quantitative estimate of drug-likeness (QED) is 0.920. The minimum absolute atomic E-state index is 0.000377. The van der Waals surface area contributed by atoms with Gasteiger partial charge in [-0.25, -0.2) is 0 Å². The average molecular weight is 291 g/mol. The van der Waals surface area contributed by atoms with Crippen LogP contribution < -0.4 is 0 Å². The molecule has 0 amide bonds. The van der Waals surface area contributed by atoms with Crippen LogP contribution in [0.1, 0.15) is 18.4 Å². The highest BCUT2D eigenvalue weighted by Crippen LogP contribution is 2.32. The number of hydrogen-bond acceptors (Lipinski definition) is 2. The lowest BCUT2D eigenvalue weighted by atomic mass is 10.0. The fourth-order valence-corrected chi connectivity index (χ4v) is 2.47. The summed E-state index contributed by atoms with van der Waals surface area (Å²) in [5.74, 6) is -0.0840. The molecule has 0 saturated heterocycles. The van der Waals surface area contributed by atoms with Gasteiger partial charge >= 0.3 is 5.97 Å². The van der Waals surface area contributed by atoms with Crippen LogP contribution in [0.15, 0.2) is 30.6 Å². The largest absolute Gasteiger partial charge is 0.481 e. The summed E-state index contributed by atoms with van der Waals surface area (Å²) >= 11 is 6.21. The summed E-state index contributed by atoms with van der Waals surface area (Å²) in [7, 11) is 0. The van der Waals surface area contributed by atoms with Crippen molar-refractivity contribution >= 4 is 17.6 Å². The molecule has 0 aliphatic heterocycles. The lowest BCUT2D eigenvalue weighted by Crippen LogP contribution is -2.00. The predicted octanol–water partition coefficient (Wildman–Crippen LogP) is 3.24. The molecule has 0 spiro atoms. The molecular formula is C15H15ClN2O2. The van der Waals surface area contributed by atoms with Gasteiger partial charge in [0.05, 0.1) is 12.6 Å². The molecule has 1 aromatic carbocycles. The van der Waals surface area contributed by atoms with Crippen molar-refractivity contribution in [2.24, 2.45) is 5.92 Å². The van der Waals surface area contributed by atoms with Gasteiger partial charge in [-0.1, -0.05) is 17.7 Å². The maximum atomic E-state index is 10.8. The highest BCUT2D eigenvalue weighted by molar-refractivity contribution is 6.33. The minimum atomic E-state index is -0.845. The number of nitrogens with zero attached hydrogens (tertiary/aromatic N) is 2. The van der Waals surface area contributed by atoms with Gasteiger partial charge in [0.2, 0.25) is 0 Å². The van der Waals surface area contributed by atoms with Crippen LogP contribution >= 0.6 is 11.6 Å². The van der Waals surface area contributed by atoms with Crippen molar-refractivity contribution in [1.29, 1.82) is 0 Å².